The molecule has 3 heterocycles. The van der Waals surface area contributed by atoms with Crippen LogP contribution in [0.4, 0.5) is 10.2 Å². The van der Waals surface area contributed by atoms with Crippen LogP contribution < -0.4 is 10.2 Å². The quantitative estimate of drug-likeness (QED) is 0.520. The average molecular weight is 379 g/mol. The Kier molecular flexibility index (Phi) is 6.01. The fourth-order valence-electron chi connectivity index (χ4n) is 2.37. The molecular formula is C20H18FN5O2. The van der Waals surface area contributed by atoms with Gasteiger partial charge in [0.25, 0.3) is 5.91 Å². The van der Waals surface area contributed by atoms with E-state index in [9.17, 15) is 9.18 Å². The SMILES string of the molecule is CC/C(=N/Oc1ccccn1)c1ccc(NC(=O)c2cncc(F)c2C)nc1. The van der Waals surface area contributed by atoms with Crippen LogP contribution in [-0.2, 0) is 0 Å². The van der Waals surface area contributed by atoms with Crippen LogP contribution in [0.15, 0.2) is 60.3 Å². The number of nitrogens with one attached hydrogen (secondary N) is 1. The van der Waals surface area contributed by atoms with Crippen LogP contribution in [0.3, 0.4) is 0 Å². The second kappa shape index (κ2) is 8.81. The van der Waals surface area contributed by atoms with Crippen LogP contribution in [0.25, 0.3) is 0 Å². The first-order valence-electron chi connectivity index (χ1n) is 8.61. The first kappa shape index (κ1) is 19.1. The van der Waals surface area contributed by atoms with Gasteiger partial charge in [0.2, 0.25) is 5.88 Å². The van der Waals surface area contributed by atoms with Gasteiger partial charge in [0, 0.05) is 35.8 Å². The van der Waals surface area contributed by atoms with Gasteiger partial charge >= 0.3 is 0 Å². The fourth-order valence-corrected chi connectivity index (χ4v) is 2.37. The summed E-state index contributed by atoms with van der Waals surface area (Å²) in [5.74, 6) is -0.289. The van der Waals surface area contributed by atoms with Gasteiger partial charge in [-0.2, -0.15) is 0 Å². The Hall–Kier alpha value is -3.68. The number of halogens is 1. The summed E-state index contributed by atoms with van der Waals surface area (Å²) in [6.45, 7) is 3.46. The van der Waals surface area contributed by atoms with E-state index in [1.807, 2.05) is 6.92 Å². The summed E-state index contributed by atoms with van der Waals surface area (Å²) in [7, 11) is 0. The molecule has 1 amide bonds. The number of hydrogen-bond donors (Lipinski definition) is 1. The van der Waals surface area contributed by atoms with Gasteiger partial charge in [-0.1, -0.05) is 18.1 Å². The minimum atomic E-state index is -0.535. The molecular weight excluding hydrogens is 361 g/mol. The summed E-state index contributed by atoms with van der Waals surface area (Å²) in [5, 5.41) is 6.75. The number of oxime groups is 1. The number of amides is 1. The molecule has 3 aromatic rings. The molecule has 0 aliphatic rings. The van der Waals surface area contributed by atoms with Gasteiger partial charge in [-0.15, -0.1) is 0 Å². The van der Waals surface area contributed by atoms with E-state index in [4.69, 9.17) is 4.84 Å². The lowest BCUT2D eigenvalue weighted by Crippen LogP contribution is -2.15. The van der Waals surface area contributed by atoms with E-state index >= 15 is 0 Å². The number of nitrogens with zero attached hydrogens (tertiary/aromatic N) is 4. The zero-order valence-electron chi connectivity index (χ0n) is 15.4. The van der Waals surface area contributed by atoms with E-state index in [-0.39, 0.29) is 11.1 Å². The third-order valence-corrected chi connectivity index (χ3v) is 3.96. The molecule has 0 aliphatic heterocycles. The van der Waals surface area contributed by atoms with Crippen molar-refractivity contribution < 1.29 is 14.0 Å². The fraction of sp³-hybridized carbons (Fsp3) is 0.150. The van der Waals surface area contributed by atoms with Crippen molar-refractivity contribution in [2.75, 3.05) is 5.32 Å². The molecule has 0 fully saturated rings. The third kappa shape index (κ3) is 4.53. The molecule has 0 aromatic carbocycles. The molecule has 3 rings (SSSR count). The molecule has 8 heteroatoms. The number of hydrogen-bond acceptors (Lipinski definition) is 6. The monoisotopic (exact) mass is 379 g/mol. The van der Waals surface area contributed by atoms with E-state index in [2.05, 4.69) is 25.4 Å². The Balaban J connectivity index is 1.71. The van der Waals surface area contributed by atoms with Gasteiger partial charge in [0.1, 0.15) is 11.6 Å². The number of carbonyl (C=O) groups excluding carboxylic acids is 1. The number of pyridine rings is 3. The smallest absolute Gasteiger partial charge is 0.258 e. The molecule has 0 bridgehead atoms. The summed E-state index contributed by atoms with van der Waals surface area (Å²) in [6.07, 6.45) is 6.20. The van der Waals surface area contributed by atoms with Crippen LogP contribution in [0.1, 0.15) is 34.8 Å². The normalized spacial score (nSPS) is 11.2. The van der Waals surface area contributed by atoms with Gasteiger partial charge in [-0.05, 0) is 31.5 Å². The molecule has 142 valence electrons. The molecule has 0 radical (unpaired) electrons. The number of anilines is 1. The van der Waals surface area contributed by atoms with Crippen molar-refractivity contribution in [1.29, 1.82) is 0 Å². The van der Waals surface area contributed by atoms with Gasteiger partial charge in [-0.25, -0.2) is 14.4 Å². The number of carbonyl (C=O) groups is 1. The van der Waals surface area contributed by atoms with Crippen LogP contribution in [0.5, 0.6) is 5.88 Å². The Morgan fingerprint density at radius 1 is 1.18 bits per heavy atom. The second-order valence-electron chi connectivity index (χ2n) is 5.83. The van der Waals surface area contributed by atoms with E-state index < -0.39 is 11.7 Å². The summed E-state index contributed by atoms with van der Waals surface area (Å²) in [5.41, 5.74) is 1.82. The van der Waals surface area contributed by atoms with Crippen molar-refractivity contribution >= 4 is 17.4 Å². The van der Waals surface area contributed by atoms with Crippen molar-refractivity contribution in [3.05, 3.63) is 77.6 Å². The highest BCUT2D eigenvalue weighted by Gasteiger charge is 2.13. The summed E-state index contributed by atoms with van der Waals surface area (Å²) >= 11 is 0. The zero-order valence-corrected chi connectivity index (χ0v) is 15.4. The average Bonchev–Trinajstić information content (AvgIpc) is 2.72. The maximum atomic E-state index is 13.6. The van der Waals surface area contributed by atoms with E-state index in [0.29, 0.717) is 23.8 Å². The van der Waals surface area contributed by atoms with E-state index in [1.165, 1.54) is 13.1 Å². The largest absolute Gasteiger partial charge is 0.336 e. The molecule has 1 N–H and O–H groups in total. The van der Waals surface area contributed by atoms with Gasteiger partial charge in [-0.3, -0.25) is 9.78 Å². The Morgan fingerprint density at radius 3 is 2.71 bits per heavy atom. The predicted molar refractivity (Wildman–Crippen MR) is 103 cm³/mol. The first-order valence-corrected chi connectivity index (χ1v) is 8.61. The van der Waals surface area contributed by atoms with Crippen LogP contribution in [0.2, 0.25) is 0 Å². The van der Waals surface area contributed by atoms with Crippen LogP contribution in [-0.4, -0.2) is 26.6 Å². The molecule has 0 saturated carbocycles. The molecule has 3 aromatic heterocycles. The van der Waals surface area contributed by atoms with Gasteiger partial charge < -0.3 is 10.2 Å². The predicted octanol–water partition coefficient (Wildman–Crippen LogP) is 3.76. The van der Waals surface area contributed by atoms with Crippen molar-refractivity contribution in [3.8, 4) is 5.88 Å². The number of aromatic nitrogens is 3. The van der Waals surface area contributed by atoms with Gasteiger partial charge in [0.05, 0.1) is 17.5 Å². The lowest BCUT2D eigenvalue weighted by molar-refractivity contribution is 0.102. The minimum Gasteiger partial charge on any atom is -0.336 e. The van der Waals surface area contributed by atoms with Crippen molar-refractivity contribution in [1.82, 2.24) is 15.0 Å². The second-order valence-corrected chi connectivity index (χ2v) is 5.83. The topological polar surface area (TPSA) is 89.4 Å². The Labute approximate surface area is 161 Å². The summed E-state index contributed by atoms with van der Waals surface area (Å²) < 4.78 is 13.6. The van der Waals surface area contributed by atoms with E-state index in [1.54, 1.807) is 42.7 Å². The Bertz CT molecular complexity index is 991. The maximum Gasteiger partial charge on any atom is 0.258 e. The number of rotatable bonds is 6. The maximum absolute atomic E-state index is 13.6. The van der Waals surface area contributed by atoms with Crippen molar-refractivity contribution in [2.24, 2.45) is 5.16 Å². The highest BCUT2D eigenvalue weighted by molar-refractivity contribution is 6.05. The molecule has 0 atom stereocenters. The molecule has 0 aliphatic carbocycles. The zero-order chi connectivity index (χ0) is 19.9. The van der Waals surface area contributed by atoms with Crippen LogP contribution in [0, 0.1) is 12.7 Å². The lowest BCUT2D eigenvalue weighted by atomic mass is 10.1. The molecule has 0 saturated heterocycles. The minimum absolute atomic E-state index is 0.158. The summed E-state index contributed by atoms with van der Waals surface area (Å²) in [4.78, 5) is 29.6. The Morgan fingerprint density at radius 2 is 2.04 bits per heavy atom. The summed E-state index contributed by atoms with van der Waals surface area (Å²) in [6, 6.07) is 8.70. The lowest BCUT2D eigenvalue weighted by Gasteiger charge is -2.08. The van der Waals surface area contributed by atoms with Gasteiger partial charge in [0.15, 0.2) is 0 Å². The van der Waals surface area contributed by atoms with E-state index in [0.717, 1.165) is 11.8 Å². The highest BCUT2D eigenvalue weighted by atomic mass is 19.1. The van der Waals surface area contributed by atoms with Crippen LogP contribution >= 0.6 is 0 Å². The standard InChI is InChI=1S/C20H18FN5O2/c1-3-17(26-28-19-6-4-5-9-23-19)14-7-8-18(24-10-14)25-20(27)15-11-22-12-16(21)13(15)2/h4-12H,3H2,1-2H3,(H,24,25,27)/b26-17-. The van der Waals surface area contributed by atoms with Crippen molar-refractivity contribution in [3.63, 3.8) is 0 Å². The first-order chi connectivity index (χ1) is 13.6. The third-order valence-electron chi connectivity index (χ3n) is 3.96. The molecule has 7 nitrogen and oxygen atoms in total. The molecule has 0 spiro atoms. The molecule has 0 unspecified atom stereocenters. The van der Waals surface area contributed by atoms with Crippen molar-refractivity contribution in [2.45, 2.75) is 20.3 Å². The molecule has 28 heavy (non-hydrogen) atoms. The highest BCUT2D eigenvalue weighted by Crippen LogP contribution is 2.14.